The topological polar surface area (TPSA) is 38.0 Å². The molecule has 6 heteroatoms. The van der Waals surface area contributed by atoms with Crippen LogP contribution in [0.3, 0.4) is 0 Å². The minimum Gasteiger partial charge on any atom is -0.438 e. The summed E-state index contributed by atoms with van der Waals surface area (Å²) in [6, 6.07) is 9.98. The van der Waals surface area contributed by atoms with Crippen LogP contribution in [0, 0.1) is 3.57 Å². The molecule has 2 heterocycles. The number of ether oxygens (including phenoxy) is 1. The van der Waals surface area contributed by atoms with Gasteiger partial charge >= 0.3 is 0 Å². The summed E-state index contributed by atoms with van der Waals surface area (Å²) >= 11 is 5.83. The normalized spacial score (nSPS) is 15.8. The van der Waals surface area contributed by atoms with Gasteiger partial charge in [-0.3, -0.25) is 4.99 Å². The second-order valence-corrected chi connectivity index (χ2v) is 6.74. The molecule has 1 fully saturated rings. The number of anilines is 1. The van der Waals surface area contributed by atoms with E-state index in [-0.39, 0.29) is 0 Å². The maximum Gasteiger partial charge on any atom is 0.210 e. The molecule has 2 aromatic rings. The van der Waals surface area contributed by atoms with Gasteiger partial charge in [-0.2, -0.15) is 0 Å². The minimum atomic E-state index is 0.735. The summed E-state index contributed by atoms with van der Waals surface area (Å²) in [7, 11) is 0. The molecule has 0 aliphatic carbocycles. The SMILES string of the molecule is Brc1cc(C=Nc2ccc(I)cc2)oc1N1CCOCC1. The molecule has 3 rings (SSSR count). The molecule has 0 atom stereocenters. The van der Waals surface area contributed by atoms with Crippen molar-refractivity contribution in [3.8, 4) is 0 Å². The van der Waals surface area contributed by atoms with E-state index in [1.165, 1.54) is 3.57 Å². The summed E-state index contributed by atoms with van der Waals surface area (Å²) < 4.78 is 13.4. The van der Waals surface area contributed by atoms with Crippen molar-refractivity contribution in [1.29, 1.82) is 0 Å². The van der Waals surface area contributed by atoms with E-state index in [0.717, 1.165) is 48.1 Å². The lowest BCUT2D eigenvalue weighted by Gasteiger charge is -2.26. The predicted molar refractivity (Wildman–Crippen MR) is 95.9 cm³/mol. The molecule has 1 aromatic heterocycles. The molecule has 21 heavy (non-hydrogen) atoms. The largest absolute Gasteiger partial charge is 0.438 e. The summed E-state index contributed by atoms with van der Waals surface area (Å²) in [5.41, 5.74) is 0.913. The summed E-state index contributed by atoms with van der Waals surface area (Å²) in [4.78, 5) is 6.61. The van der Waals surface area contributed by atoms with E-state index in [1.54, 1.807) is 6.21 Å². The van der Waals surface area contributed by atoms with Crippen LogP contribution in [0.1, 0.15) is 5.76 Å². The van der Waals surface area contributed by atoms with Crippen molar-refractivity contribution in [2.45, 2.75) is 0 Å². The van der Waals surface area contributed by atoms with Gasteiger partial charge in [0.2, 0.25) is 5.88 Å². The Morgan fingerprint density at radius 1 is 1.19 bits per heavy atom. The number of halogens is 2. The van der Waals surface area contributed by atoms with Crippen LogP contribution in [0.2, 0.25) is 0 Å². The van der Waals surface area contributed by atoms with Gasteiger partial charge in [0.25, 0.3) is 0 Å². The van der Waals surface area contributed by atoms with Crippen molar-refractivity contribution in [2.75, 3.05) is 31.2 Å². The lowest BCUT2D eigenvalue weighted by molar-refractivity contribution is 0.120. The molecular formula is C15H14BrIN2O2. The lowest BCUT2D eigenvalue weighted by Crippen LogP contribution is -2.36. The Hall–Kier alpha value is -0.860. The van der Waals surface area contributed by atoms with Gasteiger partial charge in [-0.25, -0.2) is 0 Å². The number of rotatable bonds is 3. The van der Waals surface area contributed by atoms with Crippen LogP contribution in [0.4, 0.5) is 11.6 Å². The Balaban J connectivity index is 1.75. The fourth-order valence-electron chi connectivity index (χ4n) is 2.09. The number of furan rings is 1. The molecule has 1 aromatic carbocycles. The van der Waals surface area contributed by atoms with E-state index in [2.05, 4.69) is 48.4 Å². The van der Waals surface area contributed by atoms with E-state index in [1.807, 2.05) is 30.3 Å². The van der Waals surface area contributed by atoms with Crippen LogP contribution in [0.5, 0.6) is 0 Å². The highest BCUT2D eigenvalue weighted by atomic mass is 127. The van der Waals surface area contributed by atoms with Crippen molar-refractivity contribution in [3.05, 3.63) is 44.1 Å². The molecule has 0 radical (unpaired) electrons. The molecule has 0 unspecified atom stereocenters. The molecule has 4 nitrogen and oxygen atoms in total. The smallest absolute Gasteiger partial charge is 0.210 e. The lowest BCUT2D eigenvalue weighted by atomic mass is 10.3. The third-order valence-corrected chi connectivity index (χ3v) is 4.44. The zero-order valence-corrected chi connectivity index (χ0v) is 15.0. The average Bonchev–Trinajstić information content (AvgIpc) is 2.89. The van der Waals surface area contributed by atoms with E-state index < -0.39 is 0 Å². The number of nitrogens with zero attached hydrogens (tertiary/aromatic N) is 2. The van der Waals surface area contributed by atoms with Crippen LogP contribution in [-0.4, -0.2) is 32.5 Å². The van der Waals surface area contributed by atoms with Crippen LogP contribution in [0.15, 0.2) is 44.2 Å². The fraction of sp³-hybridized carbons (Fsp3) is 0.267. The minimum absolute atomic E-state index is 0.735. The first-order valence-electron chi connectivity index (χ1n) is 6.64. The summed E-state index contributed by atoms with van der Waals surface area (Å²) in [5, 5.41) is 0. The standard InChI is InChI=1S/C15H14BrIN2O2/c16-14-9-13(10-18-12-3-1-11(17)2-4-12)21-15(14)19-5-7-20-8-6-19/h1-4,9-10H,5-8H2. The molecule has 0 spiro atoms. The summed E-state index contributed by atoms with van der Waals surface area (Å²) in [6.45, 7) is 3.16. The number of hydrogen-bond donors (Lipinski definition) is 0. The first-order chi connectivity index (χ1) is 10.2. The Bertz CT molecular complexity index is 634. The Kier molecular flexibility index (Phi) is 4.97. The van der Waals surface area contributed by atoms with E-state index in [0.29, 0.717) is 0 Å². The van der Waals surface area contributed by atoms with Gasteiger partial charge in [0, 0.05) is 22.7 Å². The fourth-order valence-corrected chi connectivity index (χ4v) is 3.00. The van der Waals surface area contributed by atoms with Crippen LogP contribution < -0.4 is 4.90 Å². The van der Waals surface area contributed by atoms with Crippen LogP contribution in [0.25, 0.3) is 0 Å². The second-order valence-electron chi connectivity index (χ2n) is 4.64. The van der Waals surface area contributed by atoms with E-state index in [4.69, 9.17) is 9.15 Å². The van der Waals surface area contributed by atoms with Crippen molar-refractivity contribution >= 4 is 56.3 Å². The highest BCUT2D eigenvalue weighted by molar-refractivity contribution is 14.1. The van der Waals surface area contributed by atoms with Crippen molar-refractivity contribution in [1.82, 2.24) is 0 Å². The van der Waals surface area contributed by atoms with Crippen LogP contribution >= 0.6 is 38.5 Å². The molecule has 0 bridgehead atoms. The van der Waals surface area contributed by atoms with Gasteiger partial charge in [-0.1, -0.05) is 0 Å². The number of benzene rings is 1. The maximum absolute atomic E-state index is 5.87. The maximum atomic E-state index is 5.87. The van der Waals surface area contributed by atoms with E-state index >= 15 is 0 Å². The zero-order valence-electron chi connectivity index (χ0n) is 11.3. The first-order valence-corrected chi connectivity index (χ1v) is 8.51. The molecular weight excluding hydrogens is 447 g/mol. The van der Waals surface area contributed by atoms with Crippen molar-refractivity contribution in [2.24, 2.45) is 4.99 Å². The van der Waals surface area contributed by atoms with Gasteiger partial charge in [0.05, 0.1) is 29.6 Å². The molecule has 1 saturated heterocycles. The quantitative estimate of drug-likeness (QED) is 0.508. The highest BCUT2D eigenvalue weighted by Crippen LogP contribution is 2.30. The molecule has 0 N–H and O–H groups in total. The van der Waals surface area contributed by atoms with Crippen molar-refractivity contribution < 1.29 is 9.15 Å². The van der Waals surface area contributed by atoms with E-state index in [9.17, 15) is 0 Å². The van der Waals surface area contributed by atoms with Gasteiger partial charge in [0.1, 0.15) is 5.76 Å². The average molecular weight is 461 g/mol. The predicted octanol–water partition coefficient (Wildman–Crippen LogP) is 4.23. The number of morpholine rings is 1. The highest BCUT2D eigenvalue weighted by Gasteiger charge is 2.18. The van der Waals surface area contributed by atoms with Gasteiger partial charge in [-0.05, 0) is 62.8 Å². The summed E-state index contributed by atoms with van der Waals surface area (Å²) in [6.07, 6.45) is 1.75. The third kappa shape index (κ3) is 3.87. The van der Waals surface area contributed by atoms with Crippen molar-refractivity contribution in [3.63, 3.8) is 0 Å². The first kappa shape index (κ1) is 15.1. The Morgan fingerprint density at radius 2 is 1.90 bits per heavy atom. The number of hydrogen-bond acceptors (Lipinski definition) is 4. The van der Waals surface area contributed by atoms with Gasteiger partial charge in [0.15, 0.2) is 0 Å². The zero-order chi connectivity index (χ0) is 14.7. The third-order valence-electron chi connectivity index (χ3n) is 3.15. The molecule has 1 aliphatic heterocycles. The molecule has 1 aliphatic rings. The monoisotopic (exact) mass is 460 g/mol. The Morgan fingerprint density at radius 3 is 2.62 bits per heavy atom. The molecule has 110 valence electrons. The summed E-state index contributed by atoms with van der Waals surface area (Å²) in [5.74, 6) is 1.59. The van der Waals surface area contributed by atoms with Gasteiger partial charge < -0.3 is 14.1 Å². The number of aliphatic imine (C=N–C) groups is 1. The molecule has 0 amide bonds. The van der Waals surface area contributed by atoms with Gasteiger partial charge in [-0.15, -0.1) is 0 Å². The molecule has 0 saturated carbocycles. The van der Waals surface area contributed by atoms with Crippen LogP contribution in [-0.2, 0) is 4.74 Å². The Labute approximate surface area is 145 Å². The second kappa shape index (κ2) is 6.93.